The van der Waals surface area contributed by atoms with Crippen LogP contribution in [0.15, 0.2) is 4.99 Å². The number of guanidine groups is 1. The second-order valence-corrected chi connectivity index (χ2v) is 7.27. The number of amides is 1. The van der Waals surface area contributed by atoms with E-state index >= 15 is 0 Å². The molecule has 2 aliphatic rings. The van der Waals surface area contributed by atoms with E-state index in [4.69, 9.17) is 4.74 Å². The van der Waals surface area contributed by atoms with Crippen LogP contribution in [0.3, 0.4) is 0 Å². The summed E-state index contributed by atoms with van der Waals surface area (Å²) >= 11 is 0. The Hall–Kier alpha value is -0.570. The number of rotatable bonds is 5. The van der Waals surface area contributed by atoms with Gasteiger partial charge in [0.15, 0.2) is 5.96 Å². The first kappa shape index (κ1) is 20.5. The van der Waals surface area contributed by atoms with Gasteiger partial charge in [-0.25, -0.2) is 0 Å². The summed E-state index contributed by atoms with van der Waals surface area (Å²) in [7, 11) is 5.45. The smallest absolute Gasteiger partial charge is 0.230 e. The molecule has 0 aromatic rings. The lowest BCUT2D eigenvalue weighted by molar-refractivity contribution is -0.138. The summed E-state index contributed by atoms with van der Waals surface area (Å²) < 4.78 is 5.27. The van der Waals surface area contributed by atoms with E-state index in [-0.39, 0.29) is 40.7 Å². The Bertz CT molecular complexity index is 430. The standard InChI is InChI=1S/C16H30N4O2.HI/c1-15(11-22-12-15)9-18-14(17-2)19-10-16(7-5-6-8-16)13(21)20(3)4;/h5-12H2,1-4H3,(H2,17,18,19);1H. The molecule has 0 bridgehead atoms. The number of aliphatic imine (C=N–C) groups is 1. The summed E-state index contributed by atoms with van der Waals surface area (Å²) in [6.45, 7) is 5.27. The highest BCUT2D eigenvalue weighted by molar-refractivity contribution is 14.0. The summed E-state index contributed by atoms with van der Waals surface area (Å²) in [5.41, 5.74) is -0.0767. The average molecular weight is 438 g/mol. The molecule has 0 radical (unpaired) electrons. The molecule has 134 valence electrons. The van der Waals surface area contributed by atoms with Crippen molar-refractivity contribution in [2.24, 2.45) is 15.8 Å². The lowest BCUT2D eigenvalue weighted by atomic mass is 9.84. The van der Waals surface area contributed by atoms with E-state index in [1.807, 2.05) is 14.1 Å². The normalized spacial score (nSPS) is 21.8. The molecule has 1 saturated heterocycles. The van der Waals surface area contributed by atoms with Gasteiger partial charge in [0.1, 0.15) is 0 Å². The number of carbonyl (C=O) groups excluding carboxylic acids is 1. The first-order valence-electron chi connectivity index (χ1n) is 8.15. The summed E-state index contributed by atoms with van der Waals surface area (Å²) in [5.74, 6) is 0.998. The van der Waals surface area contributed by atoms with Crippen molar-refractivity contribution in [3.8, 4) is 0 Å². The van der Waals surface area contributed by atoms with Crippen LogP contribution in [0.25, 0.3) is 0 Å². The molecule has 23 heavy (non-hydrogen) atoms. The SMILES string of the molecule is CN=C(NCC1(C)COC1)NCC1(C(=O)N(C)C)CCCC1.I. The third-order valence-corrected chi connectivity index (χ3v) is 4.82. The predicted octanol–water partition coefficient (Wildman–Crippen LogP) is 1.45. The number of ether oxygens (including phenoxy) is 1. The molecule has 1 aliphatic carbocycles. The molecule has 2 rings (SSSR count). The van der Waals surface area contributed by atoms with Crippen molar-refractivity contribution < 1.29 is 9.53 Å². The minimum Gasteiger partial charge on any atom is -0.380 e. The zero-order valence-electron chi connectivity index (χ0n) is 14.8. The van der Waals surface area contributed by atoms with Gasteiger partial charge in [0.2, 0.25) is 5.91 Å². The van der Waals surface area contributed by atoms with Crippen LogP contribution < -0.4 is 10.6 Å². The van der Waals surface area contributed by atoms with E-state index < -0.39 is 0 Å². The van der Waals surface area contributed by atoms with Gasteiger partial charge in [-0.2, -0.15) is 0 Å². The van der Waals surface area contributed by atoms with Gasteiger partial charge in [0.25, 0.3) is 0 Å². The second kappa shape index (κ2) is 8.50. The molecular weight excluding hydrogens is 407 g/mol. The molecule has 2 fully saturated rings. The van der Waals surface area contributed by atoms with Crippen molar-refractivity contribution in [3.05, 3.63) is 0 Å². The van der Waals surface area contributed by atoms with Crippen molar-refractivity contribution in [1.82, 2.24) is 15.5 Å². The molecule has 6 nitrogen and oxygen atoms in total. The molecule has 1 heterocycles. The van der Waals surface area contributed by atoms with Gasteiger partial charge in [-0.1, -0.05) is 19.8 Å². The van der Waals surface area contributed by atoms with E-state index in [2.05, 4.69) is 22.5 Å². The first-order chi connectivity index (χ1) is 10.4. The highest BCUT2D eigenvalue weighted by atomic mass is 127. The highest BCUT2D eigenvalue weighted by Crippen LogP contribution is 2.38. The zero-order valence-corrected chi connectivity index (χ0v) is 17.1. The highest BCUT2D eigenvalue weighted by Gasteiger charge is 2.42. The molecule has 1 aliphatic heterocycles. The molecule has 0 unspecified atom stereocenters. The van der Waals surface area contributed by atoms with Crippen molar-refractivity contribution >= 4 is 35.8 Å². The zero-order chi connectivity index (χ0) is 16.2. The van der Waals surface area contributed by atoms with E-state index in [1.165, 1.54) is 0 Å². The van der Waals surface area contributed by atoms with Gasteiger partial charge in [-0.05, 0) is 12.8 Å². The molecular formula is C16H31IN4O2. The maximum absolute atomic E-state index is 12.5. The van der Waals surface area contributed by atoms with Crippen LogP contribution >= 0.6 is 24.0 Å². The predicted molar refractivity (Wildman–Crippen MR) is 103 cm³/mol. The fourth-order valence-electron chi connectivity index (χ4n) is 3.32. The number of carbonyl (C=O) groups is 1. The molecule has 1 amide bonds. The fraction of sp³-hybridized carbons (Fsp3) is 0.875. The number of halogens is 1. The van der Waals surface area contributed by atoms with Gasteiger partial charge in [0.05, 0.1) is 18.6 Å². The number of hydrogen-bond acceptors (Lipinski definition) is 3. The van der Waals surface area contributed by atoms with Gasteiger partial charge in [0, 0.05) is 39.6 Å². The van der Waals surface area contributed by atoms with Crippen molar-refractivity contribution in [3.63, 3.8) is 0 Å². The third kappa shape index (κ3) is 4.95. The lowest BCUT2D eigenvalue weighted by Crippen LogP contribution is -2.53. The summed E-state index contributed by atoms with van der Waals surface area (Å²) in [5, 5.41) is 6.71. The molecule has 1 saturated carbocycles. The van der Waals surface area contributed by atoms with Gasteiger partial charge in [-0.15, -0.1) is 24.0 Å². The molecule has 7 heteroatoms. The minimum atomic E-state index is -0.273. The molecule has 0 spiro atoms. The summed E-state index contributed by atoms with van der Waals surface area (Å²) in [6, 6.07) is 0. The number of hydrogen-bond donors (Lipinski definition) is 2. The van der Waals surface area contributed by atoms with Crippen LogP contribution in [-0.2, 0) is 9.53 Å². The van der Waals surface area contributed by atoms with E-state index in [0.29, 0.717) is 6.54 Å². The third-order valence-electron chi connectivity index (χ3n) is 4.82. The average Bonchev–Trinajstić information content (AvgIpc) is 2.94. The molecule has 0 aromatic heterocycles. The van der Waals surface area contributed by atoms with Crippen molar-refractivity contribution in [2.45, 2.75) is 32.6 Å². The van der Waals surface area contributed by atoms with Gasteiger partial charge >= 0.3 is 0 Å². The number of nitrogens with one attached hydrogen (secondary N) is 2. The maximum Gasteiger partial charge on any atom is 0.230 e. The lowest BCUT2D eigenvalue weighted by Gasteiger charge is -2.38. The maximum atomic E-state index is 12.5. The Morgan fingerprint density at radius 2 is 1.74 bits per heavy atom. The summed E-state index contributed by atoms with van der Waals surface area (Å²) in [4.78, 5) is 18.5. The van der Waals surface area contributed by atoms with Gasteiger partial charge in [-0.3, -0.25) is 9.79 Å². The Labute approximate surface area is 156 Å². The van der Waals surface area contributed by atoms with Crippen molar-refractivity contribution in [2.75, 3.05) is 47.4 Å². The first-order valence-corrected chi connectivity index (χ1v) is 8.15. The summed E-state index contributed by atoms with van der Waals surface area (Å²) in [6.07, 6.45) is 4.17. The van der Waals surface area contributed by atoms with Crippen LogP contribution in [0, 0.1) is 10.8 Å². The monoisotopic (exact) mass is 438 g/mol. The Kier molecular flexibility index (Phi) is 7.57. The molecule has 0 atom stereocenters. The van der Waals surface area contributed by atoms with Gasteiger partial charge < -0.3 is 20.3 Å². The Balaban J connectivity index is 0.00000264. The largest absolute Gasteiger partial charge is 0.380 e. The van der Waals surface area contributed by atoms with Crippen LogP contribution in [-0.4, -0.2) is 64.2 Å². The van der Waals surface area contributed by atoms with Crippen molar-refractivity contribution in [1.29, 1.82) is 0 Å². The topological polar surface area (TPSA) is 66.0 Å². The molecule has 0 aromatic carbocycles. The van der Waals surface area contributed by atoms with E-state index in [0.717, 1.165) is 51.4 Å². The Morgan fingerprint density at radius 3 is 2.17 bits per heavy atom. The second-order valence-electron chi connectivity index (χ2n) is 7.27. The van der Waals surface area contributed by atoms with Crippen LogP contribution in [0.4, 0.5) is 0 Å². The number of nitrogens with zero attached hydrogens (tertiary/aromatic N) is 2. The van der Waals surface area contributed by atoms with Crippen LogP contribution in [0.2, 0.25) is 0 Å². The fourth-order valence-corrected chi connectivity index (χ4v) is 3.32. The molecule has 2 N–H and O–H groups in total. The quantitative estimate of drug-likeness (QED) is 0.388. The van der Waals surface area contributed by atoms with Crippen LogP contribution in [0.5, 0.6) is 0 Å². The Morgan fingerprint density at radius 1 is 1.17 bits per heavy atom. The minimum absolute atomic E-state index is 0. The van der Waals surface area contributed by atoms with E-state index in [1.54, 1.807) is 11.9 Å². The van der Waals surface area contributed by atoms with E-state index in [9.17, 15) is 4.79 Å². The van der Waals surface area contributed by atoms with Crippen LogP contribution in [0.1, 0.15) is 32.6 Å².